The van der Waals surface area contributed by atoms with Crippen molar-refractivity contribution >= 4 is 35.0 Å². The van der Waals surface area contributed by atoms with Crippen LogP contribution in [0.1, 0.15) is 44.7 Å². The minimum Gasteiger partial charge on any atom is -0.338 e. The Bertz CT molecular complexity index is 1300. The van der Waals surface area contributed by atoms with Gasteiger partial charge in [-0.05, 0) is 89.5 Å². The monoisotopic (exact) mass is 600 g/mol. The van der Waals surface area contributed by atoms with E-state index >= 15 is 0 Å². The molecule has 0 aliphatic rings. The Morgan fingerprint density at radius 3 is 1.32 bits per heavy atom. The number of urea groups is 2. The van der Waals surface area contributed by atoms with Crippen LogP contribution in [0.5, 0.6) is 0 Å². The Hall–Kier alpha value is -4.54. The molecule has 3 aromatic rings. The summed E-state index contributed by atoms with van der Waals surface area (Å²) in [7, 11) is 7.95. The zero-order chi connectivity index (χ0) is 31.9. The maximum absolute atomic E-state index is 13.0. The van der Waals surface area contributed by atoms with Crippen LogP contribution in [0, 0.1) is 0 Å². The topological polar surface area (TPSA) is 123 Å². The highest BCUT2D eigenvalue weighted by atomic mass is 16.2. The predicted molar refractivity (Wildman–Crippen MR) is 176 cm³/mol. The maximum Gasteiger partial charge on any atom is 0.319 e. The Morgan fingerprint density at radius 2 is 0.955 bits per heavy atom. The number of anilines is 2. The minimum atomic E-state index is -0.285. The van der Waals surface area contributed by atoms with Gasteiger partial charge in [0.2, 0.25) is 0 Å². The first-order chi connectivity index (χ1) is 21.1. The van der Waals surface area contributed by atoms with E-state index in [9.17, 15) is 19.2 Å². The van der Waals surface area contributed by atoms with Crippen LogP contribution in [0.15, 0.2) is 72.8 Å². The number of rotatable bonds is 16. The molecule has 4 N–H and O–H groups in total. The van der Waals surface area contributed by atoms with Gasteiger partial charge >= 0.3 is 12.1 Å². The molecule has 4 amide bonds. The fourth-order valence-corrected chi connectivity index (χ4v) is 4.48. The van der Waals surface area contributed by atoms with E-state index < -0.39 is 0 Å². The third-order valence-electron chi connectivity index (χ3n) is 6.76. The largest absolute Gasteiger partial charge is 0.338 e. The van der Waals surface area contributed by atoms with Gasteiger partial charge in [0.05, 0.1) is 0 Å². The zero-order valence-electron chi connectivity index (χ0n) is 26.1. The first kappa shape index (κ1) is 34.0. The fourth-order valence-electron chi connectivity index (χ4n) is 4.48. The molecule has 0 radical (unpaired) electrons. The van der Waals surface area contributed by atoms with E-state index in [1.165, 1.54) is 0 Å². The van der Waals surface area contributed by atoms with E-state index in [1.807, 2.05) is 40.3 Å². The van der Waals surface area contributed by atoms with Crippen LogP contribution in [-0.4, -0.2) is 87.8 Å². The summed E-state index contributed by atoms with van der Waals surface area (Å²) in [6.07, 6.45) is 2.02. The van der Waals surface area contributed by atoms with Crippen LogP contribution in [0.3, 0.4) is 0 Å². The number of carbonyl (C=O) groups excluding carboxylic acids is 4. The highest BCUT2D eigenvalue weighted by Crippen LogP contribution is 2.17. The molecule has 0 heterocycles. The van der Waals surface area contributed by atoms with E-state index in [-0.39, 0.29) is 36.5 Å². The molecule has 0 fully saturated rings. The van der Waals surface area contributed by atoms with E-state index in [1.54, 1.807) is 60.7 Å². The van der Waals surface area contributed by atoms with Crippen LogP contribution in [0.4, 0.5) is 21.0 Å². The minimum absolute atomic E-state index is 0.0898. The number of hydrogen-bond donors (Lipinski definition) is 4. The van der Waals surface area contributed by atoms with Crippen molar-refractivity contribution in [1.82, 2.24) is 20.4 Å². The van der Waals surface area contributed by atoms with Gasteiger partial charge < -0.3 is 31.1 Å². The SMILES string of the molecule is CN(C)CCCNC(=O)Nc1cccc(CC(=O)c2ccc(C(=O)Cc3cccc(NC(=O)NCCCN(C)C)c3)cc2)c1. The number of hydrogen-bond acceptors (Lipinski definition) is 6. The second-order valence-electron chi connectivity index (χ2n) is 11.3. The van der Waals surface area contributed by atoms with Crippen LogP contribution in [-0.2, 0) is 12.8 Å². The third-order valence-corrected chi connectivity index (χ3v) is 6.76. The molecule has 0 aliphatic carbocycles. The highest BCUT2D eigenvalue weighted by Gasteiger charge is 2.12. The Morgan fingerprint density at radius 1 is 0.568 bits per heavy atom. The first-order valence-corrected chi connectivity index (χ1v) is 14.8. The summed E-state index contributed by atoms with van der Waals surface area (Å²) in [5.74, 6) is -0.180. The van der Waals surface area contributed by atoms with Gasteiger partial charge in [-0.15, -0.1) is 0 Å². The average Bonchev–Trinajstić information content (AvgIpc) is 2.98. The van der Waals surface area contributed by atoms with Gasteiger partial charge in [0, 0.05) is 48.4 Å². The van der Waals surface area contributed by atoms with Gasteiger partial charge in [0.15, 0.2) is 11.6 Å². The number of ketones is 2. The lowest BCUT2D eigenvalue weighted by atomic mass is 9.98. The summed E-state index contributed by atoms with van der Waals surface area (Å²) in [5, 5.41) is 11.3. The molecule has 10 heteroatoms. The molecular formula is C34H44N6O4. The number of amides is 4. The van der Waals surface area contributed by atoms with Crippen molar-refractivity contribution in [2.75, 3.05) is 65.0 Å². The van der Waals surface area contributed by atoms with E-state index in [0.29, 0.717) is 35.6 Å². The summed E-state index contributed by atoms with van der Waals surface area (Å²) >= 11 is 0. The first-order valence-electron chi connectivity index (χ1n) is 14.8. The van der Waals surface area contributed by atoms with Crippen molar-refractivity contribution in [3.63, 3.8) is 0 Å². The molecule has 10 nitrogen and oxygen atoms in total. The second-order valence-corrected chi connectivity index (χ2v) is 11.3. The molecular weight excluding hydrogens is 556 g/mol. The fraction of sp³-hybridized carbons (Fsp3) is 0.353. The Balaban J connectivity index is 1.49. The molecule has 0 unspecified atom stereocenters. The number of nitrogens with one attached hydrogen (secondary N) is 4. The Kier molecular flexibility index (Phi) is 13.5. The van der Waals surface area contributed by atoms with Crippen LogP contribution in [0.2, 0.25) is 0 Å². The molecule has 0 spiro atoms. The second kappa shape index (κ2) is 17.5. The van der Waals surface area contributed by atoms with Crippen LogP contribution in [0.25, 0.3) is 0 Å². The molecule has 0 atom stereocenters. The standard InChI is InChI=1S/C34H44N6O4/c1-39(2)19-7-17-35-33(43)37-29-11-5-9-25(21-29)23-31(41)27-13-15-28(16-14-27)32(42)24-26-10-6-12-30(22-26)38-34(44)36-18-8-20-40(3)4/h5-6,9-16,21-22H,7-8,17-20,23-24H2,1-4H3,(H2,35,37,43)(H2,36,38,44). The third kappa shape index (κ3) is 12.4. The van der Waals surface area contributed by atoms with Gasteiger partial charge in [-0.2, -0.15) is 0 Å². The summed E-state index contributed by atoms with van der Waals surface area (Å²) in [6.45, 7) is 2.91. The number of nitrogens with zero attached hydrogens (tertiary/aromatic N) is 2. The lowest BCUT2D eigenvalue weighted by Gasteiger charge is -2.11. The van der Waals surface area contributed by atoms with Crippen molar-refractivity contribution in [3.8, 4) is 0 Å². The molecule has 44 heavy (non-hydrogen) atoms. The summed E-state index contributed by atoms with van der Waals surface area (Å²) < 4.78 is 0. The molecule has 0 bridgehead atoms. The van der Waals surface area contributed by atoms with Gasteiger partial charge in [-0.25, -0.2) is 9.59 Å². The molecule has 234 valence electrons. The number of Topliss-reactive ketones (excluding diaryl/α,β-unsaturated/α-hetero) is 2. The zero-order valence-corrected chi connectivity index (χ0v) is 26.1. The molecule has 0 saturated carbocycles. The smallest absolute Gasteiger partial charge is 0.319 e. The summed E-state index contributed by atoms with van der Waals surface area (Å²) in [6, 6.07) is 20.5. The average molecular weight is 601 g/mol. The number of benzene rings is 3. The van der Waals surface area contributed by atoms with Gasteiger partial charge in [-0.3, -0.25) is 9.59 Å². The van der Waals surface area contributed by atoms with Gasteiger partial charge in [0.1, 0.15) is 0 Å². The van der Waals surface area contributed by atoms with Crippen molar-refractivity contribution in [3.05, 3.63) is 95.1 Å². The molecule has 0 aromatic heterocycles. The normalized spacial score (nSPS) is 10.9. The predicted octanol–water partition coefficient (Wildman–Crippen LogP) is 4.68. The maximum atomic E-state index is 13.0. The van der Waals surface area contributed by atoms with E-state index in [0.717, 1.165) is 37.1 Å². The number of carbonyl (C=O) groups is 4. The van der Waals surface area contributed by atoms with E-state index in [2.05, 4.69) is 31.1 Å². The summed E-state index contributed by atoms with van der Waals surface area (Å²) in [5.41, 5.74) is 3.78. The lowest BCUT2D eigenvalue weighted by molar-refractivity contribution is 0.0981. The Labute approximate surface area is 260 Å². The molecule has 3 rings (SSSR count). The van der Waals surface area contributed by atoms with Crippen molar-refractivity contribution < 1.29 is 19.2 Å². The van der Waals surface area contributed by atoms with Crippen molar-refractivity contribution in [2.24, 2.45) is 0 Å². The quantitative estimate of drug-likeness (QED) is 0.140. The van der Waals surface area contributed by atoms with Crippen molar-refractivity contribution in [1.29, 1.82) is 0 Å². The van der Waals surface area contributed by atoms with E-state index in [4.69, 9.17) is 0 Å². The van der Waals surface area contributed by atoms with Gasteiger partial charge in [-0.1, -0.05) is 48.5 Å². The highest BCUT2D eigenvalue weighted by molar-refractivity contribution is 6.01. The molecule has 3 aromatic carbocycles. The summed E-state index contributed by atoms with van der Waals surface area (Å²) in [4.78, 5) is 54.4. The molecule has 0 aliphatic heterocycles. The van der Waals surface area contributed by atoms with Crippen LogP contribution < -0.4 is 21.3 Å². The van der Waals surface area contributed by atoms with Gasteiger partial charge in [0.25, 0.3) is 0 Å². The van der Waals surface area contributed by atoms with Crippen molar-refractivity contribution in [2.45, 2.75) is 25.7 Å². The molecule has 0 saturated heterocycles. The lowest BCUT2D eigenvalue weighted by Crippen LogP contribution is -2.31. The van der Waals surface area contributed by atoms with Crippen LogP contribution >= 0.6 is 0 Å².